The van der Waals surface area contributed by atoms with Crippen molar-refractivity contribution in [3.8, 4) is 0 Å². The Kier molecular flexibility index (Phi) is 7.03. The second-order valence-electron chi connectivity index (χ2n) is 6.63. The van der Waals surface area contributed by atoms with Crippen LogP contribution in [0.3, 0.4) is 0 Å². The van der Waals surface area contributed by atoms with Gasteiger partial charge in [0.15, 0.2) is 18.9 Å². The summed E-state index contributed by atoms with van der Waals surface area (Å²) >= 11 is 3.41. The van der Waals surface area contributed by atoms with Crippen LogP contribution < -0.4 is 9.99 Å². The molecule has 0 aliphatic heterocycles. The average Bonchev–Trinajstić information content (AvgIpc) is 2.77. The van der Waals surface area contributed by atoms with Gasteiger partial charge in [0.05, 0.1) is 15.9 Å². The molecule has 3 rings (SSSR count). The third kappa shape index (κ3) is 5.70. The van der Waals surface area contributed by atoms with Gasteiger partial charge in [0, 0.05) is 28.2 Å². The number of nitrogens with zero attached hydrogens (tertiary/aromatic N) is 4. The zero-order valence-electron chi connectivity index (χ0n) is 16.6. The van der Waals surface area contributed by atoms with Crippen LogP contribution in [0, 0.1) is 20.2 Å². The van der Waals surface area contributed by atoms with E-state index in [1.54, 1.807) is 0 Å². The highest BCUT2D eigenvalue weighted by atomic mass is 79.9. The van der Waals surface area contributed by atoms with E-state index in [-0.39, 0.29) is 11.4 Å². The number of hydrogen-bond donors (Lipinski definition) is 1. The third-order valence-corrected chi connectivity index (χ3v) is 5.11. The number of nitro benzene ring substituents is 2. The summed E-state index contributed by atoms with van der Waals surface area (Å²) in [6.45, 7) is 2.49. The number of rotatable bonds is 8. The topological polar surface area (TPSA) is 115 Å². The van der Waals surface area contributed by atoms with Crippen LogP contribution in [0.1, 0.15) is 18.1 Å². The Morgan fingerprint density at radius 1 is 1.03 bits per heavy atom. The number of anilines is 1. The van der Waals surface area contributed by atoms with Crippen LogP contribution >= 0.6 is 15.9 Å². The second-order valence-corrected chi connectivity index (χ2v) is 7.54. The Hall–Kier alpha value is -3.66. The number of nitro groups is 2. The first kappa shape index (κ1) is 22.0. The van der Waals surface area contributed by atoms with E-state index < -0.39 is 15.5 Å². The lowest BCUT2D eigenvalue weighted by Gasteiger charge is -2.07. The van der Waals surface area contributed by atoms with Gasteiger partial charge >= 0.3 is 5.69 Å². The zero-order valence-corrected chi connectivity index (χ0v) is 18.2. The van der Waals surface area contributed by atoms with Crippen molar-refractivity contribution < 1.29 is 14.4 Å². The second kappa shape index (κ2) is 9.90. The van der Waals surface area contributed by atoms with E-state index in [9.17, 15) is 20.2 Å². The Labute approximate surface area is 186 Å². The minimum atomic E-state index is -0.678. The highest BCUT2D eigenvalue weighted by Crippen LogP contribution is 2.29. The number of pyridine rings is 1. The highest BCUT2D eigenvalue weighted by Gasteiger charge is 2.20. The molecule has 3 aromatic rings. The molecule has 0 saturated heterocycles. The van der Waals surface area contributed by atoms with E-state index in [0.717, 1.165) is 22.5 Å². The minimum absolute atomic E-state index is 0.0662. The summed E-state index contributed by atoms with van der Waals surface area (Å²) in [5.41, 5.74) is 4.66. The van der Waals surface area contributed by atoms with Crippen molar-refractivity contribution in [3.63, 3.8) is 0 Å². The zero-order chi connectivity index (χ0) is 22.4. The van der Waals surface area contributed by atoms with E-state index in [0.29, 0.717) is 12.3 Å². The van der Waals surface area contributed by atoms with Crippen LogP contribution in [0.25, 0.3) is 0 Å². The molecular formula is C21H19BrN5O4+. The molecule has 9 nitrogen and oxygen atoms in total. The van der Waals surface area contributed by atoms with Gasteiger partial charge in [-0.05, 0) is 30.2 Å². The van der Waals surface area contributed by atoms with Crippen LogP contribution in [0.15, 0.2) is 76.6 Å². The number of hydrazone groups is 1. The molecule has 1 N–H and O–H groups in total. The molecular weight excluding hydrogens is 466 g/mol. The van der Waals surface area contributed by atoms with Crippen molar-refractivity contribution in [2.75, 3.05) is 5.43 Å². The van der Waals surface area contributed by atoms with Crippen LogP contribution in [0.4, 0.5) is 17.1 Å². The molecule has 0 atom stereocenters. The summed E-state index contributed by atoms with van der Waals surface area (Å²) in [4.78, 5) is 21.0. The maximum absolute atomic E-state index is 11.4. The van der Waals surface area contributed by atoms with Crippen LogP contribution in [-0.4, -0.2) is 15.6 Å². The monoisotopic (exact) mass is 484 g/mol. The normalized spacial score (nSPS) is 11.2. The van der Waals surface area contributed by atoms with Crippen molar-refractivity contribution in [1.82, 2.24) is 0 Å². The van der Waals surface area contributed by atoms with E-state index in [1.807, 2.05) is 53.4 Å². The molecule has 0 aliphatic rings. The van der Waals surface area contributed by atoms with Gasteiger partial charge in [-0.15, -0.1) is 0 Å². The summed E-state index contributed by atoms with van der Waals surface area (Å²) in [7, 11) is 0. The number of aryl methyl sites for hydroxylation is 1. The van der Waals surface area contributed by atoms with Crippen molar-refractivity contribution in [2.45, 2.75) is 19.9 Å². The van der Waals surface area contributed by atoms with Crippen molar-refractivity contribution in [3.05, 3.63) is 103 Å². The lowest BCUT2D eigenvalue weighted by Crippen LogP contribution is -2.37. The standard InChI is InChI=1S/C21H19BrN5O4/c1-2-15-9-11-25(12-10-15)14-20(16-3-5-17(22)6-4-16)24-23-19-8-7-18(26(28)29)13-21(19)27(30)31/h3-13,23H,2,14H2,1H3/q+1. The van der Waals surface area contributed by atoms with Crippen LogP contribution in [-0.2, 0) is 13.0 Å². The number of nitrogens with one attached hydrogen (secondary N) is 1. The molecule has 0 radical (unpaired) electrons. The molecule has 0 unspecified atom stereocenters. The number of non-ortho nitro benzene ring substituents is 1. The van der Waals surface area contributed by atoms with Gasteiger partial charge in [-0.25, -0.2) is 0 Å². The SMILES string of the molecule is CCc1cc[n+](CC(=NNc2ccc([N+](=O)[O-])cc2[N+](=O)[O-])c2ccc(Br)cc2)cc1. The number of hydrogen-bond acceptors (Lipinski definition) is 6. The van der Waals surface area contributed by atoms with Gasteiger partial charge in [-0.3, -0.25) is 25.7 Å². The fraction of sp³-hybridized carbons (Fsp3) is 0.143. The summed E-state index contributed by atoms with van der Waals surface area (Å²) in [5.74, 6) is 0. The Morgan fingerprint density at radius 3 is 2.29 bits per heavy atom. The average molecular weight is 485 g/mol. The van der Waals surface area contributed by atoms with Crippen LogP contribution in [0.2, 0.25) is 0 Å². The van der Waals surface area contributed by atoms with Crippen molar-refractivity contribution >= 4 is 38.7 Å². The van der Waals surface area contributed by atoms with Crippen molar-refractivity contribution in [2.24, 2.45) is 5.10 Å². The predicted octanol–water partition coefficient (Wildman–Crippen LogP) is 4.63. The lowest BCUT2D eigenvalue weighted by molar-refractivity contribution is -0.681. The van der Waals surface area contributed by atoms with Gasteiger partial charge in [0.1, 0.15) is 11.4 Å². The molecule has 0 bridgehead atoms. The summed E-state index contributed by atoms with van der Waals surface area (Å²) in [6.07, 6.45) is 4.82. The maximum atomic E-state index is 11.4. The van der Waals surface area contributed by atoms with Gasteiger partial charge in [-0.1, -0.05) is 35.0 Å². The molecule has 1 aromatic heterocycles. The Morgan fingerprint density at radius 2 is 1.71 bits per heavy atom. The number of benzene rings is 2. The Bertz CT molecular complexity index is 1130. The van der Waals surface area contributed by atoms with Gasteiger partial charge < -0.3 is 0 Å². The van der Waals surface area contributed by atoms with Crippen LogP contribution in [0.5, 0.6) is 0 Å². The first-order valence-corrected chi connectivity index (χ1v) is 10.2. The Balaban J connectivity index is 1.96. The highest BCUT2D eigenvalue weighted by molar-refractivity contribution is 9.10. The smallest absolute Gasteiger partial charge is 0.271 e. The van der Waals surface area contributed by atoms with E-state index in [1.165, 1.54) is 17.7 Å². The van der Waals surface area contributed by atoms with Gasteiger partial charge in [0.25, 0.3) is 5.69 Å². The number of halogens is 1. The fourth-order valence-corrected chi connectivity index (χ4v) is 3.11. The largest absolute Gasteiger partial charge is 0.301 e. The minimum Gasteiger partial charge on any atom is -0.271 e. The van der Waals surface area contributed by atoms with E-state index in [4.69, 9.17) is 0 Å². The molecule has 0 amide bonds. The first-order valence-electron chi connectivity index (χ1n) is 9.36. The molecule has 2 aromatic carbocycles. The molecule has 0 saturated carbocycles. The quantitative estimate of drug-likeness (QED) is 0.216. The first-order chi connectivity index (χ1) is 14.9. The molecule has 0 aliphatic carbocycles. The number of aromatic nitrogens is 1. The molecule has 0 spiro atoms. The van der Waals surface area contributed by atoms with Crippen molar-refractivity contribution in [1.29, 1.82) is 0 Å². The summed E-state index contributed by atoms with van der Waals surface area (Å²) < 4.78 is 2.86. The molecule has 1 heterocycles. The van der Waals surface area contributed by atoms with Gasteiger partial charge in [0.2, 0.25) is 0 Å². The lowest BCUT2D eigenvalue weighted by atomic mass is 10.1. The van der Waals surface area contributed by atoms with E-state index >= 15 is 0 Å². The maximum Gasteiger partial charge on any atom is 0.301 e. The summed E-state index contributed by atoms with van der Waals surface area (Å²) in [6, 6.07) is 15.0. The fourth-order valence-electron chi connectivity index (χ4n) is 2.84. The molecule has 10 heteroatoms. The summed E-state index contributed by atoms with van der Waals surface area (Å²) in [5, 5.41) is 26.7. The van der Waals surface area contributed by atoms with E-state index in [2.05, 4.69) is 33.4 Å². The molecule has 31 heavy (non-hydrogen) atoms. The third-order valence-electron chi connectivity index (χ3n) is 4.58. The van der Waals surface area contributed by atoms with Gasteiger partial charge in [-0.2, -0.15) is 9.67 Å². The molecule has 158 valence electrons. The molecule has 0 fully saturated rings. The predicted molar refractivity (Wildman–Crippen MR) is 120 cm³/mol.